The SMILES string of the molecule is [2H]c1ccnc([C@H]2CN(C(=O)OC(C)(C)C)CCO2)c1. The zero-order valence-electron chi connectivity index (χ0n) is 12.5. The smallest absolute Gasteiger partial charge is 0.410 e. The zero-order valence-corrected chi connectivity index (χ0v) is 11.5. The number of carbonyl (C=O) groups is 1. The van der Waals surface area contributed by atoms with Crippen molar-refractivity contribution in [1.29, 1.82) is 0 Å². The minimum atomic E-state index is -0.510. The molecule has 0 aromatic carbocycles. The average molecular weight is 265 g/mol. The molecule has 0 N–H and O–H groups in total. The van der Waals surface area contributed by atoms with Crippen LogP contribution in [0.1, 0.15) is 33.9 Å². The topological polar surface area (TPSA) is 51.7 Å². The molecule has 1 aliphatic rings. The van der Waals surface area contributed by atoms with Crippen LogP contribution in [0.4, 0.5) is 4.79 Å². The molecule has 0 unspecified atom stereocenters. The van der Waals surface area contributed by atoms with Crippen molar-refractivity contribution in [2.24, 2.45) is 0 Å². The number of hydrogen-bond acceptors (Lipinski definition) is 4. The normalized spacial score (nSPS) is 20.9. The summed E-state index contributed by atoms with van der Waals surface area (Å²) in [6.45, 7) is 6.86. The molecule has 5 nitrogen and oxygen atoms in total. The molecule has 1 saturated heterocycles. The van der Waals surface area contributed by atoms with Gasteiger partial charge in [-0.1, -0.05) is 6.04 Å². The summed E-state index contributed by atoms with van der Waals surface area (Å²) in [5, 5.41) is 0. The van der Waals surface area contributed by atoms with Gasteiger partial charge in [0.15, 0.2) is 0 Å². The molecule has 2 rings (SSSR count). The van der Waals surface area contributed by atoms with E-state index in [1.807, 2.05) is 20.8 Å². The van der Waals surface area contributed by atoms with Crippen molar-refractivity contribution in [2.75, 3.05) is 19.7 Å². The first-order valence-corrected chi connectivity index (χ1v) is 6.37. The lowest BCUT2D eigenvalue weighted by Crippen LogP contribution is -2.44. The average Bonchev–Trinajstić information content (AvgIpc) is 2.37. The molecular formula is C14H20N2O3. The van der Waals surface area contributed by atoms with Gasteiger partial charge in [-0.05, 0) is 32.9 Å². The molecule has 0 spiro atoms. The number of amides is 1. The number of pyridine rings is 1. The minimum Gasteiger partial charge on any atom is -0.444 e. The zero-order chi connectivity index (χ0) is 14.8. The number of carbonyl (C=O) groups excluding carboxylic acids is 1. The van der Waals surface area contributed by atoms with Crippen LogP contribution in [0.15, 0.2) is 24.4 Å². The van der Waals surface area contributed by atoms with Gasteiger partial charge in [-0.15, -0.1) is 0 Å². The van der Waals surface area contributed by atoms with Crippen LogP contribution >= 0.6 is 0 Å². The minimum absolute atomic E-state index is 0.304. The molecule has 1 aliphatic heterocycles. The molecule has 104 valence electrons. The van der Waals surface area contributed by atoms with Crippen LogP contribution in [0.3, 0.4) is 0 Å². The molecule has 0 saturated carbocycles. The van der Waals surface area contributed by atoms with Crippen molar-refractivity contribution in [3.05, 3.63) is 30.1 Å². The van der Waals surface area contributed by atoms with E-state index in [0.29, 0.717) is 31.4 Å². The van der Waals surface area contributed by atoms with E-state index in [1.165, 1.54) is 0 Å². The Bertz CT molecular complexity index is 488. The van der Waals surface area contributed by atoms with E-state index in [-0.39, 0.29) is 12.2 Å². The van der Waals surface area contributed by atoms with Gasteiger partial charge >= 0.3 is 6.09 Å². The van der Waals surface area contributed by atoms with Gasteiger partial charge in [0.1, 0.15) is 11.7 Å². The van der Waals surface area contributed by atoms with Gasteiger partial charge in [-0.25, -0.2) is 4.79 Å². The number of hydrogen-bond donors (Lipinski definition) is 0. The molecule has 1 amide bonds. The highest BCUT2D eigenvalue weighted by Crippen LogP contribution is 2.21. The van der Waals surface area contributed by atoms with Gasteiger partial charge in [-0.2, -0.15) is 0 Å². The van der Waals surface area contributed by atoms with Crippen LogP contribution in [-0.2, 0) is 9.47 Å². The van der Waals surface area contributed by atoms with Gasteiger partial charge < -0.3 is 14.4 Å². The third-order valence-corrected chi connectivity index (χ3v) is 2.67. The van der Waals surface area contributed by atoms with Crippen LogP contribution in [0.5, 0.6) is 0 Å². The highest BCUT2D eigenvalue weighted by atomic mass is 16.6. The molecule has 1 fully saturated rings. The van der Waals surface area contributed by atoms with E-state index in [0.717, 1.165) is 0 Å². The molecule has 1 atom stereocenters. The van der Waals surface area contributed by atoms with Gasteiger partial charge in [0.2, 0.25) is 0 Å². The summed E-state index contributed by atoms with van der Waals surface area (Å²) in [7, 11) is 0. The van der Waals surface area contributed by atoms with Crippen molar-refractivity contribution in [2.45, 2.75) is 32.5 Å². The highest BCUT2D eigenvalue weighted by molar-refractivity contribution is 5.68. The molecule has 1 aromatic rings. The van der Waals surface area contributed by atoms with Crippen LogP contribution in [0.2, 0.25) is 0 Å². The Morgan fingerprint density at radius 1 is 1.63 bits per heavy atom. The number of ether oxygens (including phenoxy) is 2. The summed E-state index contributed by atoms with van der Waals surface area (Å²) in [6, 6.07) is 3.65. The van der Waals surface area contributed by atoms with E-state index < -0.39 is 5.60 Å². The molecule has 0 aliphatic carbocycles. The Kier molecular flexibility index (Phi) is 3.64. The van der Waals surface area contributed by atoms with Crippen molar-refractivity contribution >= 4 is 6.09 Å². The Labute approximate surface area is 114 Å². The van der Waals surface area contributed by atoms with Gasteiger partial charge in [0.05, 0.1) is 20.2 Å². The fraction of sp³-hybridized carbons (Fsp3) is 0.571. The van der Waals surface area contributed by atoms with Crippen LogP contribution in [-0.4, -0.2) is 41.3 Å². The summed E-state index contributed by atoms with van der Waals surface area (Å²) in [5.41, 5.74) is 0.162. The first-order valence-electron chi connectivity index (χ1n) is 6.87. The number of morpholine rings is 1. The van der Waals surface area contributed by atoms with E-state index in [1.54, 1.807) is 23.2 Å². The van der Waals surface area contributed by atoms with E-state index >= 15 is 0 Å². The van der Waals surface area contributed by atoms with Crippen molar-refractivity contribution in [1.82, 2.24) is 9.88 Å². The number of rotatable bonds is 1. The first-order chi connectivity index (χ1) is 9.35. The molecule has 1 aromatic heterocycles. The van der Waals surface area contributed by atoms with E-state index in [4.69, 9.17) is 10.8 Å². The quantitative estimate of drug-likeness (QED) is 0.782. The fourth-order valence-electron chi connectivity index (χ4n) is 1.83. The van der Waals surface area contributed by atoms with Crippen molar-refractivity contribution in [3.63, 3.8) is 0 Å². The van der Waals surface area contributed by atoms with Crippen LogP contribution in [0, 0.1) is 0 Å². The fourth-order valence-corrected chi connectivity index (χ4v) is 1.83. The first kappa shape index (κ1) is 12.4. The van der Waals surface area contributed by atoms with Crippen LogP contribution < -0.4 is 0 Å². The lowest BCUT2D eigenvalue weighted by molar-refractivity contribution is -0.0447. The third kappa shape index (κ3) is 3.92. The van der Waals surface area contributed by atoms with Crippen molar-refractivity contribution < 1.29 is 15.6 Å². The monoisotopic (exact) mass is 265 g/mol. The molecule has 19 heavy (non-hydrogen) atoms. The third-order valence-electron chi connectivity index (χ3n) is 2.67. The van der Waals surface area contributed by atoms with Crippen LogP contribution in [0.25, 0.3) is 0 Å². The lowest BCUT2D eigenvalue weighted by atomic mass is 10.2. The maximum atomic E-state index is 12.0. The Hall–Kier alpha value is -1.62. The predicted molar refractivity (Wildman–Crippen MR) is 70.7 cm³/mol. The Balaban J connectivity index is 2.03. The van der Waals surface area contributed by atoms with E-state index in [9.17, 15) is 4.79 Å². The summed E-state index contributed by atoms with van der Waals surface area (Å²) >= 11 is 0. The second-order valence-electron chi connectivity index (χ2n) is 5.47. The number of nitrogens with zero attached hydrogens (tertiary/aromatic N) is 2. The Morgan fingerprint density at radius 2 is 2.42 bits per heavy atom. The molecular weight excluding hydrogens is 244 g/mol. The lowest BCUT2D eigenvalue weighted by Gasteiger charge is -2.33. The summed E-state index contributed by atoms with van der Waals surface area (Å²) in [5.74, 6) is 0. The van der Waals surface area contributed by atoms with E-state index in [2.05, 4.69) is 4.98 Å². The Morgan fingerprint density at radius 3 is 3.11 bits per heavy atom. The number of aromatic nitrogens is 1. The highest BCUT2D eigenvalue weighted by Gasteiger charge is 2.29. The van der Waals surface area contributed by atoms with Crippen molar-refractivity contribution in [3.8, 4) is 0 Å². The second-order valence-corrected chi connectivity index (χ2v) is 5.47. The molecule has 5 heteroatoms. The maximum Gasteiger partial charge on any atom is 0.410 e. The van der Waals surface area contributed by atoms with Gasteiger partial charge in [0, 0.05) is 12.7 Å². The molecule has 0 bridgehead atoms. The van der Waals surface area contributed by atoms with Gasteiger partial charge in [0.25, 0.3) is 0 Å². The second kappa shape index (κ2) is 5.57. The molecule has 0 radical (unpaired) electrons. The maximum absolute atomic E-state index is 12.0. The summed E-state index contributed by atoms with van der Waals surface area (Å²) < 4.78 is 18.6. The largest absolute Gasteiger partial charge is 0.444 e. The standard InChI is InChI=1S/C14H20N2O3/c1-14(2,3)19-13(17)16-8-9-18-12(10-16)11-6-4-5-7-15-11/h4-7,12H,8-10H2,1-3H3/t12-/m1/s1/i4D. The predicted octanol–water partition coefficient (Wildman–Crippen LogP) is 2.39. The summed E-state index contributed by atoms with van der Waals surface area (Å²) in [6.07, 6.45) is 0.933. The summed E-state index contributed by atoms with van der Waals surface area (Å²) in [4.78, 5) is 17.9. The molecule has 2 heterocycles. The van der Waals surface area contributed by atoms with Gasteiger partial charge in [-0.3, -0.25) is 4.98 Å².